The van der Waals surface area contributed by atoms with Crippen molar-refractivity contribution in [2.45, 2.75) is 36.6 Å². The minimum atomic E-state index is -3.64. The highest BCUT2D eigenvalue weighted by Gasteiger charge is 2.30. The Morgan fingerprint density at radius 3 is 2.35 bits per heavy atom. The number of carbonyl (C=O) groups excluding carboxylic acids is 2. The van der Waals surface area contributed by atoms with Crippen LogP contribution in [-0.2, 0) is 10.0 Å². The monoisotopic (exact) mass is 441 g/mol. The maximum atomic E-state index is 12.9. The average Bonchev–Trinajstić information content (AvgIpc) is 3.42. The molecule has 1 heterocycles. The summed E-state index contributed by atoms with van der Waals surface area (Å²) in [6.07, 6.45) is 3.77. The molecular formula is C22H23N3O5S. The van der Waals surface area contributed by atoms with Crippen molar-refractivity contribution in [1.82, 2.24) is 4.31 Å². The fourth-order valence-electron chi connectivity index (χ4n) is 3.94. The third kappa shape index (κ3) is 3.94. The molecule has 31 heavy (non-hydrogen) atoms. The number of hydrogen-bond donors (Lipinski definition) is 2. The van der Waals surface area contributed by atoms with E-state index in [4.69, 9.17) is 10.2 Å². The lowest BCUT2D eigenvalue weighted by Crippen LogP contribution is -2.35. The number of fused-ring (bicyclic) bond motifs is 1. The standard InChI is InChI=1S/C22H23N3O5S/c1-25(15-6-2-3-7-15)31(28,29)16-12-10-14(11-13-16)22(27)24-19-17-8-4-5-9-18(17)30-20(19)21(23)26/h4-5,8-13,15H,2-3,6-7H2,1H3,(H2,23,26)(H,24,27). The predicted molar refractivity (Wildman–Crippen MR) is 116 cm³/mol. The number of nitrogens with one attached hydrogen (secondary N) is 1. The molecular weight excluding hydrogens is 418 g/mol. The number of carbonyl (C=O) groups is 2. The lowest BCUT2D eigenvalue weighted by Gasteiger charge is -2.23. The Labute approximate surface area is 180 Å². The topological polar surface area (TPSA) is 123 Å². The van der Waals surface area contributed by atoms with Crippen LogP contribution in [0.3, 0.4) is 0 Å². The van der Waals surface area contributed by atoms with Crippen LogP contribution in [0, 0.1) is 0 Å². The SMILES string of the molecule is CN(C1CCCC1)S(=O)(=O)c1ccc(C(=O)Nc2c(C(N)=O)oc3ccccc23)cc1. The number of benzene rings is 2. The number of primary amides is 1. The first kappa shape index (κ1) is 21.1. The Morgan fingerprint density at radius 2 is 1.71 bits per heavy atom. The molecule has 8 nitrogen and oxygen atoms in total. The van der Waals surface area contributed by atoms with Crippen LogP contribution in [0.1, 0.15) is 46.6 Å². The summed E-state index contributed by atoms with van der Waals surface area (Å²) in [7, 11) is -2.04. The molecule has 9 heteroatoms. The number of amides is 2. The predicted octanol–water partition coefficient (Wildman–Crippen LogP) is 3.35. The van der Waals surface area contributed by atoms with Crippen LogP contribution in [-0.4, -0.2) is 37.6 Å². The van der Waals surface area contributed by atoms with Gasteiger partial charge in [0.05, 0.1) is 4.90 Å². The zero-order chi connectivity index (χ0) is 22.2. The lowest BCUT2D eigenvalue weighted by atomic mass is 10.2. The van der Waals surface area contributed by atoms with Gasteiger partial charge in [-0.1, -0.05) is 25.0 Å². The second kappa shape index (κ2) is 8.16. The molecule has 1 aromatic heterocycles. The molecule has 0 atom stereocenters. The van der Waals surface area contributed by atoms with Crippen molar-refractivity contribution in [3.8, 4) is 0 Å². The fourth-order valence-corrected chi connectivity index (χ4v) is 5.35. The summed E-state index contributed by atoms with van der Waals surface area (Å²) in [6, 6.07) is 12.6. The summed E-state index contributed by atoms with van der Waals surface area (Å²) in [5, 5.41) is 3.21. The van der Waals surface area contributed by atoms with Crippen molar-refractivity contribution in [2.24, 2.45) is 5.73 Å². The maximum absolute atomic E-state index is 12.9. The first-order valence-electron chi connectivity index (χ1n) is 10.00. The van der Waals surface area contributed by atoms with Crippen molar-refractivity contribution < 1.29 is 22.4 Å². The van der Waals surface area contributed by atoms with Crippen molar-refractivity contribution in [3.63, 3.8) is 0 Å². The fraction of sp³-hybridized carbons (Fsp3) is 0.273. The van der Waals surface area contributed by atoms with Crippen LogP contribution in [0.4, 0.5) is 5.69 Å². The average molecular weight is 442 g/mol. The van der Waals surface area contributed by atoms with Crippen molar-refractivity contribution in [1.29, 1.82) is 0 Å². The molecule has 1 fully saturated rings. The van der Waals surface area contributed by atoms with Gasteiger partial charge >= 0.3 is 0 Å². The molecule has 2 aromatic carbocycles. The Hall–Kier alpha value is -3.17. The van der Waals surface area contributed by atoms with Gasteiger partial charge in [0.1, 0.15) is 11.3 Å². The highest BCUT2D eigenvalue weighted by molar-refractivity contribution is 7.89. The molecule has 3 aromatic rings. The molecule has 1 aliphatic carbocycles. The molecule has 162 valence electrons. The number of sulfonamides is 1. The van der Waals surface area contributed by atoms with Gasteiger partial charge in [0.25, 0.3) is 11.8 Å². The highest BCUT2D eigenvalue weighted by atomic mass is 32.2. The van der Waals surface area contributed by atoms with Crippen LogP contribution >= 0.6 is 0 Å². The first-order chi connectivity index (χ1) is 14.8. The number of para-hydroxylation sites is 1. The van der Waals surface area contributed by atoms with Crippen molar-refractivity contribution in [2.75, 3.05) is 12.4 Å². The van der Waals surface area contributed by atoms with Gasteiger partial charge in [-0.2, -0.15) is 4.31 Å². The summed E-state index contributed by atoms with van der Waals surface area (Å²) < 4.78 is 32.7. The summed E-state index contributed by atoms with van der Waals surface area (Å²) >= 11 is 0. The van der Waals surface area contributed by atoms with Crippen LogP contribution in [0.2, 0.25) is 0 Å². The Morgan fingerprint density at radius 1 is 1.06 bits per heavy atom. The molecule has 4 rings (SSSR count). The zero-order valence-electron chi connectivity index (χ0n) is 17.0. The first-order valence-corrected chi connectivity index (χ1v) is 11.4. The molecule has 2 amide bonds. The minimum absolute atomic E-state index is 0.00886. The third-order valence-corrected chi connectivity index (χ3v) is 7.61. The van der Waals surface area contributed by atoms with E-state index in [2.05, 4.69) is 5.32 Å². The minimum Gasteiger partial charge on any atom is -0.449 e. The lowest BCUT2D eigenvalue weighted by molar-refractivity contribution is 0.0977. The second-order valence-corrected chi connectivity index (χ2v) is 9.60. The Bertz CT molecular complexity index is 1240. The summed E-state index contributed by atoms with van der Waals surface area (Å²) in [5.41, 5.74) is 6.23. The zero-order valence-corrected chi connectivity index (χ0v) is 17.8. The number of hydrogen-bond acceptors (Lipinski definition) is 5. The van der Waals surface area contributed by atoms with Gasteiger partial charge in [-0.3, -0.25) is 9.59 Å². The smallest absolute Gasteiger partial charge is 0.286 e. The molecule has 3 N–H and O–H groups in total. The Kier molecular flexibility index (Phi) is 5.55. The van der Waals surface area contributed by atoms with Crippen molar-refractivity contribution in [3.05, 3.63) is 59.9 Å². The maximum Gasteiger partial charge on any atom is 0.286 e. The number of rotatable bonds is 6. The van der Waals surface area contributed by atoms with E-state index in [9.17, 15) is 18.0 Å². The van der Waals surface area contributed by atoms with Crippen LogP contribution in [0.25, 0.3) is 11.0 Å². The summed E-state index contributed by atoms with van der Waals surface area (Å²) in [4.78, 5) is 24.6. The third-order valence-electron chi connectivity index (χ3n) is 5.69. The van der Waals surface area contributed by atoms with Gasteiger partial charge in [-0.05, 0) is 49.2 Å². The number of furan rings is 1. The molecule has 1 aliphatic rings. The quantitative estimate of drug-likeness (QED) is 0.607. The van der Waals surface area contributed by atoms with Gasteiger partial charge in [0.2, 0.25) is 15.8 Å². The second-order valence-electron chi connectivity index (χ2n) is 7.60. The summed E-state index contributed by atoms with van der Waals surface area (Å²) in [5.74, 6) is -1.46. The number of nitrogens with two attached hydrogens (primary N) is 1. The highest BCUT2D eigenvalue weighted by Crippen LogP contribution is 2.31. The van der Waals surface area contributed by atoms with E-state index in [1.807, 2.05) is 0 Å². The van der Waals surface area contributed by atoms with Gasteiger partial charge in [0, 0.05) is 24.0 Å². The molecule has 0 unspecified atom stereocenters. The van der Waals surface area contributed by atoms with E-state index in [-0.39, 0.29) is 27.9 Å². The van der Waals surface area contributed by atoms with E-state index in [1.165, 1.54) is 28.6 Å². The van der Waals surface area contributed by atoms with E-state index >= 15 is 0 Å². The molecule has 0 aliphatic heterocycles. The molecule has 0 radical (unpaired) electrons. The van der Waals surface area contributed by atoms with Crippen LogP contribution in [0.15, 0.2) is 57.8 Å². The Balaban J connectivity index is 1.58. The van der Waals surface area contributed by atoms with E-state index in [0.717, 1.165) is 25.7 Å². The van der Waals surface area contributed by atoms with Gasteiger partial charge in [0.15, 0.2) is 0 Å². The van der Waals surface area contributed by atoms with E-state index in [0.29, 0.717) is 11.0 Å². The molecule has 1 saturated carbocycles. The van der Waals surface area contributed by atoms with Crippen LogP contribution < -0.4 is 11.1 Å². The molecule has 0 spiro atoms. The molecule has 0 saturated heterocycles. The molecule has 0 bridgehead atoms. The summed E-state index contributed by atoms with van der Waals surface area (Å²) in [6.45, 7) is 0. The van der Waals surface area contributed by atoms with Gasteiger partial charge in [-0.25, -0.2) is 8.42 Å². The van der Waals surface area contributed by atoms with Crippen LogP contribution in [0.5, 0.6) is 0 Å². The van der Waals surface area contributed by atoms with Crippen molar-refractivity contribution >= 4 is 38.5 Å². The van der Waals surface area contributed by atoms with E-state index in [1.54, 1.807) is 31.3 Å². The van der Waals surface area contributed by atoms with Gasteiger partial charge in [-0.15, -0.1) is 0 Å². The largest absolute Gasteiger partial charge is 0.449 e. The normalized spacial score (nSPS) is 14.9. The van der Waals surface area contributed by atoms with E-state index < -0.39 is 21.8 Å². The number of nitrogens with zero attached hydrogens (tertiary/aromatic N) is 1. The number of anilines is 1. The van der Waals surface area contributed by atoms with Gasteiger partial charge < -0.3 is 15.5 Å².